The van der Waals surface area contributed by atoms with Crippen LogP contribution in [0.2, 0.25) is 5.02 Å². The SMILES string of the molecule is CC(=O)Nc1ccc(S(=O)(=O)Nc2ccc(Oc3ccc(Cl)c(C)c3)c(C#N)c2)cc1. The summed E-state index contributed by atoms with van der Waals surface area (Å²) in [6.45, 7) is 3.20. The van der Waals surface area contributed by atoms with Crippen LogP contribution in [0.3, 0.4) is 0 Å². The van der Waals surface area contributed by atoms with Gasteiger partial charge in [-0.15, -0.1) is 0 Å². The summed E-state index contributed by atoms with van der Waals surface area (Å²) < 4.78 is 33.5. The summed E-state index contributed by atoms with van der Waals surface area (Å²) in [6.07, 6.45) is 0. The number of carbonyl (C=O) groups excluding carboxylic acids is 1. The van der Waals surface area contributed by atoms with E-state index in [0.717, 1.165) is 5.56 Å². The lowest BCUT2D eigenvalue weighted by Crippen LogP contribution is -2.13. The molecule has 0 heterocycles. The number of rotatable bonds is 6. The maximum absolute atomic E-state index is 12.7. The Bertz CT molecular complexity index is 1280. The highest BCUT2D eigenvalue weighted by Gasteiger charge is 2.16. The van der Waals surface area contributed by atoms with E-state index < -0.39 is 10.0 Å². The molecule has 7 nitrogen and oxygen atoms in total. The fourth-order valence-corrected chi connectivity index (χ4v) is 3.88. The Labute approximate surface area is 185 Å². The molecule has 0 atom stereocenters. The van der Waals surface area contributed by atoms with Gasteiger partial charge in [-0.2, -0.15) is 5.26 Å². The minimum atomic E-state index is -3.89. The first-order valence-electron chi connectivity index (χ1n) is 9.06. The fourth-order valence-electron chi connectivity index (χ4n) is 2.71. The van der Waals surface area contributed by atoms with Gasteiger partial charge in [-0.25, -0.2) is 8.42 Å². The molecule has 0 unspecified atom stereocenters. The molecule has 2 N–H and O–H groups in total. The summed E-state index contributed by atoms with van der Waals surface area (Å²) in [5.41, 5.74) is 1.68. The maximum atomic E-state index is 12.7. The van der Waals surface area contributed by atoms with Gasteiger partial charge in [0, 0.05) is 17.6 Å². The predicted molar refractivity (Wildman–Crippen MR) is 119 cm³/mol. The number of nitriles is 1. The van der Waals surface area contributed by atoms with Crippen LogP contribution in [0, 0.1) is 18.3 Å². The lowest BCUT2D eigenvalue weighted by molar-refractivity contribution is -0.114. The molecular formula is C22H18ClN3O4S. The Morgan fingerprint density at radius 2 is 1.71 bits per heavy atom. The Hall–Kier alpha value is -3.54. The van der Waals surface area contributed by atoms with Gasteiger partial charge in [0.25, 0.3) is 10.0 Å². The van der Waals surface area contributed by atoms with Crippen molar-refractivity contribution in [2.75, 3.05) is 10.0 Å². The van der Waals surface area contributed by atoms with Crippen LogP contribution < -0.4 is 14.8 Å². The summed E-state index contributed by atoms with van der Waals surface area (Å²) in [5, 5.41) is 12.6. The van der Waals surface area contributed by atoms with Crippen LogP contribution in [0.25, 0.3) is 0 Å². The summed E-state index contributed by atoms with van der Waals surface area (Å²) in [6, 6.07) is 17.2. The van der Waals surface area contributed by atoms with Gasteiger partial charge in [-0.3, -0.25) is 9.52 Å². The molecular weight excluding hydrogens is 438 g/mol. The number of benzene rings is 3. The molecule has 0 aromatic heterocycles. The lowest BCUT2D eigenvalue weighted by atomic mass is 10.2. The molecule has 0 aliphatic heterocycles. The van der Waals surface area contributed by atoms with Crippen LogP contribution in [0.5, 0.6) is 11.5 Å². The van der Waals surface area contributed by atoms with Gasteiger partial charge < -0.3 is 10.1 Å². The van der Waals surface area contributed by atoms with Gasteiger partial charge in [0.1, 0.15) is 17.6 Å². The number of hydrogen-bond acceptors (Lipinski definition) is 5. The van der Waals surface area contributed by atoms with Gasteiger partial charge in [0.15, 0.2) is 0 Å². The molecule has 0 bridgehead atoms. The largest absolute Gasteiger partial charge is 0.456 e. The van der Waals surface area contributed by atoms with Crippen LogP contribution in [-0.4, -0.2) is 14.3 Å². The minimum absolute atomic E-state index is 0.0112. The fraction of sp³-hybridized carbons (Fsp3) is 0.0909. The zero-order valence-corrected chi connectivity index (χ0v) is 18.2. The molecule has 31 heavy (non-hydrogen) atoms. The van der Waals surface area contributed by atoms with Crippen molar-refractivity contribution < 1.29 is 17.9 Å². The van der Waals surface area contributed by atoms with E-state index in [2.05, 4.69) is 10.0 Å². The quantitative estimate of drug-likeness (QED) is 0.539. The molecule has 0 fully saturated rings. The van der Waals surface area contributed by atoms with Gasteiger partial charge in [-0.1, -0.05) is 11.6 Å². The van der Waals surface area contributed by atoms with Crippen LogP contribution in [-0.2, 0) is 14.8 Å². The normalized spacial score (nSPS) is 10.8. The molecule has 158 valence electrons. The van der Waals surface area contributed by atoms with Crippen molar-refractivity contribution >= 4 is 38.9 Å². The highest BCUT2D eigenvalue weighted by molar-refractivity contribution is 7.92. The Balaban J connectivity index is 1.81. The minimum Gasteiger partial charge on any atom is -0.456 e. The van der Waals surface area contributed by atoms with Gasteiger partial charge in [0.05, 0.1) is 16.1 Å². The van der Waals surface area contributed by atoms with Crippen molar-refractivity contribution in [3.05, 3.63) is 76.8 Å². The Kier molecular flexibility index (Phi) is 6.49. The summed E-state index contributed by atoms with van der Waals surface area (Å²) >= 11 is 6.01. The number of nitrogens with zero attached hydrogens (tertiary/aromatic N) is 1. The number of hydrogen-bond donors (Lipinski definition) is 2. The molecule has 0 aliphatic rings. The van der Waals surface area contributed by atoms with E-state index in [9.17, 15) is 18.5 Å². The summed E-state index contributed by atoms with van der Waals surface area (Å²) in [5.74, 6) is 0.534. The Morgan fingerprint density at radius 1 is 1.03 bits per heavy atom. The third-order valence-electron chi connectivity index (χ3n) is 4.19. The molecule has 3 rings (SSSR count). The average Bonchev–Trinajstić information content (AvgIpc) is 2.71. The molecule has 9 heteroatoms. The number of amides is 1. The second-order valence-electron chi connectivity index (χ2n) is 6.65. The number of nitrogens with one attached hydrogen (secondary N) is 2. The molecule has 3 aromatic rings. The topological polar surface area (TPSA) is 108 Å². The molecule has 0 radical (unpaired) electrons. The summed E-state index contributed by atoms with van der Waals surface area (Å²) in [7, 11) is -3.89. The smallest absolute Gasteiger partial charge is 0.261 e. The van der Waals surface area contributed by atoms with Gasteiger partial charge >= 0.3 is 0 Å². The second kappa shape index (κ2) is 9.08. The highest BCUT2D eigenvalue weighted by atomic mass is 35.5. The van der Waals surface area contributed by atoms with E-state index in [1.807, 2.05) is 13.0 Å². The third-order valence-corrected chi connectivity index (χ3v) is 6.02. The van der Waals surface area contributed by atoms with Crippen molar-refractivity contribution in [2.24, 2.45) is 0 Å². The highest BCUT2D eigenvalue weighted by Crippen LogP contribution is 2.30. The number of anilines is 2. The van der Waals surface area contributed by atoms with E-state index >= 15 is 0 Å². The van der Waals surface area contributed by atoms with Crippen molar-refractivity contribution in [1.29, 1.82) is 5.26 Å². The van der Waals surface area contributed by atoms with Gasteiger partial charge in [0.2, 0.25) is 5.91 Å². The zero-order chi connectivity index (χ0) is 22.6. The van der Waals surface area contributed by atoms with Crippen LogP contribution in [0.1, 0.15) is 18.1 Å². The number of carbonyl (C=O) groups is 1. The molecule has 3 aromatic carbocycles. The van der Waals surface area contributed by atoms with Gasteiger partial charge in [-0.05, 0) is 73.2 Å². The third kappa shape index (κ3) is 5.54. The van der Waals surface area contributed by atoms with E-state index in [1.54, 1.807) is 18.2 Å². The Morgan fingerprint density at radius 3 is 2.32 bits per heavy atom. The van der Waals surface area contributed by atoms with Crippen LogP contribution in [0.4, 0.5) is 11.4 Å². The molecule has 0 aliphatic carbocycles. The average molecular weight is 456 g/mol. The predicted octanol–water partition coefficient (Wildman–Crippen LogP) is 5.07. The van der Waals surface area contributed by atoms with E-state index in [1.165, 1.54) is 49.4 Å². The van der Waals surface area contributed by atoms with Crippen molar-refractivity contribution in [3.8, 4) is 17.6 Å². The number of ether oxygens (including phenoxy) is 1. The van der Waals surface area contributed by atoms with Crippen molar-refractivity contribution in [3.63, 3.8) is 0 Å². The van der Waals surface area contributed by atoms with Crippen molar-refractivity contribution in [1.82, 2.24) is 0 Å². The first-order chi connectivity index (χ1) is 14.7. The maximum Gasteiger partial charge on any atom is 0.261 e. The van der Waals surface area contributed by atoms with E-state index in [4.69, 9.17) is 16.3 Å². The lowest BCUT2D eigenvalue weighted by Gasteiger charge is -2.12. The number of sulfonamides is 1. The molecule has 0 saturated heterocycles. The molecule has 0 spiro atoms. The van der Waals surface area contributed by atoms with Crippen molar-refractivity contribution in [2.45, 2.75) is 18.7 Å². The first-order valence-corrected chi connectivity index (χ1v) is 10.9. The monoisotopic (exact) mass is 455 g/mol. The van der Waals surface area contributed by atoms with E-state index in [-0.39, 0.29) is 27.8 Å². The standard InChI is InChI=1S/C22H18ClN3O4S/c1-14-11-19(6-9-21(14)23)30-22-10-5-18(12-16(22)13-24)26-31(28,29)20-7-3-17(4-8-20)25-15(2)27/h3-12,26H,1-2H3,(H,25,27). The molecule has 1 amide bonds. The number of halogens is 1. The first kappa shape index (κ1) is 22.2. The van der Waals surface area contributed by atoms with E-state index in [0.29, 0.717) is 16.5 Å². The second-order valence-corrected chi connectivity index (χ2v) is 8.74. The zero-order valence-electron chi connectivity index (χ0n) is 16.6. The van der Waals surface area contributed by atoms with Crippen LogP contribution >= 0.6 is 11.6 Å². The molecule has 0 saturated carbocycles. The van der Waals surface area contributed by atoms with Crippen LogP contribution in [0.15, 0.2) is 65.6 Å². The number of aryl methyl sites for hydroxylation is 1. The summed E-state index contributed by atoms with van der Waals surface area (Å²) in [4.78, 5) is 11.1.